The van der Waals surface area contributed by atoms with E-state index in [0.29, 0.717) is 11.3 Å². The van der Waals surface area contributed by atoms with E-state index in [1.165, 1.54) is 28.4 Å². The van der Waals surface area contributed by atoms with E-state index in [0.717, 1.165) is 0 Å². The van der Waals surface area contributed by atoms with Crippen LogP contribution in [0.25, 0.3) is 5.65 Å². The summed E-state index contributed by atoms with van der Waals surface area (Å²) in [6.07, 6.45) is 1.66. The normalized spacial score (nSPS) is 11.7. The van der Waals surface area contributed by atoms with Crippen molar-refractivity contribution in [3.05, 3.63) is 46.7 Å². The summed E-state index contributed by atoms with van der Waals surface area (Å²) in [6, 6.07) is 8.09. The van der Waals surface area contributed by atoms with Gasteiger partial charge < -0.3 is 4.74 Å². The van der Waals surface area contributed by atoms with Crippen LogP contribution in [-0.2, 0) is 25.8 Å². The number of carbonyl (C=O) groups excluding carboxylic acids is 1. The van der Waals surface area contributed by atoms with Crippen LogP contribution in [0.15, 0.2) is 45.1 Å². The van der Waals surface area contributed by atoms with Crippen LogP contribution < -0.4 is 0 Å². The predicted octanol–water partition coefficient (Wildman–Crippen LogP) is 3.35. The molecule has 0 radical (unpaired) electrons. The Balaban J connectivity index is 2.25. The molecule has 3 rings (SSSR count). The maximum absolute atomic E-state index is 13.2. The lowest BCUT2D eigenvalue weighted by Gasteiger charge is -2.10. The van der Waals surface area contributed by atoms with Crippen LogP contribution in [0.3, 0.4) is 0 Å². The van der Waals surface area contributed by atoms with Crippen molar-refractivity contribution in [2.24, 2.45) is 0 Å². The van der Waals surface area contributed by atoms with Gasteiger partial charge in [0, 0.05) is 11.3 Å². The zero-order chi connectivity index (χ0) is 20.5. The molecule has 0 saturated heterocycles. The highest BCUT2D eigenvalue weighted by Gasteiger charge is 2.30. The van der Waals surface area contributed by atoms with Gasteiger partial charge in [-0.15, -0.1) is 11.8 Å². The summed E-state index contributed by atoms with van der Waals surface area (Å²) in [4.78, 5) is 16.5. The van der Waals surface area contributed by atoms with E-state index >= 15 is 0 Å². The van der Waals surface area contributed by atoms with Gasteiger partial charge >= 0.3 is 5.97 Å². The predicted molar refractivity (Wildman–Crippen MR) is 107 cm³/mol. The Morgan fingerprint density at radius 3 is 2.57 bits per heavy atom. The van der Waals surface area contributed by atoms with E-state index in [-0.39, 0.29) is 38.6 Å². The summed E-state index contributed by atoms with van der Waals surface area (Å²) in [5, 5.41) is 4.75. The fraction of sp³-hybridized carbons (Fsp3) is 0.278. The molecular formula is C18H18ClN3O4S2. The average molecular weight is 440 g/mol. The number of halogens is 1. The maximum atomic E-state index is 13.2. The number of sulfone groups is 1. The molecule has 28 heavy (non-hydrogen) atoms. The second-order valence-electron chi connectivity index (χ2n) is 5.84. The van der Waals surface area contributed by atoms with Gasteiger partial charge in [-0.3, -0.25) is 4.79 Å². The molecule has 0 bridgehead atoms. The van der Waals surface area contributed by atoms with Crippen molar-refractivity contribution in [1.29, 1.82) is 0 Å². The number of rotatable bonds is 6. The van der Waals surface area contributed by atoms with E-state index in [4.69, 9.17) is 16.3 Å². The quantitative estimate of drug-likeness (QED) is 0.330. The first-order chi connectivity index (χ1) is 13.3. The third-order valence-electron chi connectivity index (χ3n) is 4.08. The first kappa shape index (κ1) is 20.6. The third-order valence-corrected chi connectivity index (χ3v) is 7.07. The number of thioether (sulfide) groups is 1. The van der Waals surface area contributed by atoms with E-state index in [1.807, 2.05) is 0 Å². The Labute approximate surface area is 172 Å². The van der Waals surface area contributed by atoms with Crippen molar-refractivity contribution < 1.29 is 17.9 Å². The Hall–Kier alpha value is -2.10. The van der Waals surface area contributed by atoms with E-state index < -0.39 is 15.8 Å². The smallest absolute Gasteiger partial charge is 0.310 e. The number of carbonyl (C=O) groups is 1. The lowest BCUT2D eigenvalue weighted by molar-refractivity contribution is -0.142. The molecule has 0 unspecified atom stereocenters. The van der Waals surface area contributed by atoms with Gasteiger partial charge in [-0.25, -0.2) is 17.9 Å². The van der Waals surface area contributed by atoms with Crippen LogP contribution in [0, 0.1) is 6.92 Å². The molecule has 0 atom stereocenters. The zero-order valence-corrected chi connectivity index (χ0v) is 17.9. The molecule has 0 aliphatic rings. The van der Waals surface area contributed by atoms with Crippen LogP contribution >= 0.6 is 23.4 Å². The van der Waals surface area contributed by atoms with Crippen molar-refractivity contribution in [2.75, 3.05) is 12.9 Å². The highest BCUT2D eigenvalue weighted by molar-refractivity contribution is 7.99. The number of aryl methyl sites for hydroxylation is 1. The summed E-state index contributed by atoms with van der Waals surface area (Å²) in [6.45, 7) is 3.64. The summed E-state index contributed by atoms with van der Waals surface area (Å²) >= 11 is 7.66. The lowest BCUT2D eigenvalue weighted by atomic mass is 10.2. The van der Waals surface area contributed by atoms with Crippen LogP contribution in [0.5, 0.6) is 0 Å². The van der Waals surface area contributed by atoms with Crippen molar-refractivity contribution in [2.45, 2.75) is 35.1 Å². The first-order valence-electron chi connectivity index (χ1n) is 8.38. The van der Waals surface area contributed by atoms with E-state index in [1.54, 1.807) is 38.3 Å². The maximum Gasteiger partial charge on any atom is 0.310 e. The fourth-order valence-corrected chi connectivity index (χ4v) is 5.49. The summed E-state index contributed by atoms with van der Waals surface area (Å²) < 4.78 is 32.7. The monoisotopic (exact) mass is 439 g/mol. The van der Waals surface area contributed by atoms with Crippen LogP contribution in [0.1, 0.15) is 18.2 Å². The molecule has 0 aliphatic carbocycles. The number of esters is 1. The van der Waals surface area contributed by atoms with Gasteiger partial charge in [0.2, 0.25) is 9.84 Å². The molecule has 1 aromatic carbocycles. The second-order valence-corrected chi connectivity index (χ2v) is 8.88. The Morgan fingerprint density at radius 2 is 1.96 bits per heavy atom. The van der Waals surface area contributed by atoms with Crippen LogP contribution in [-0.4, -0.2) is 41.8 Å². The molecule has 0 saturated carbocycles. The van der Waals surface area contributed by atoms with Crippen molar-refractivity contribution in [3.8, 4) is 0 Å². The van der Waals surface area contributed by atoms with E-state index in [2.05, 4.69) is 10.1 Å². The number of hydrogen-bond acceptors (Lipinski definition) is 7. The van der Waals surface area contributed by atoms with E-state index in [9.17, 15) is 13.2 Å². The standard InChI is InChI=1S/C18H18ClN3O4S2/c1-4-26-14(23)10-13-11(2)20-17-15(18(27-3)21-22(17)16(13)19)28(24,25)12-8-6-5-7-9-12/h5-9H,4,10H2,1-3H3. The molecule has 2 aromatic heterocycles. The van der Waals surface area contributed by atoms with Crippen LogP contribution in [0.4, 0.5) is 0 Å². The van der Waals surface area contributed by atoms with Crippen LogP contribution in [0.2, 0.25) is 5.15 Å². The van der Waals surface area contributed by atoms with Gasteiger partial charge in [0.25, 0.3) is 0 Å². The number of benzene rings is 1. The minimum absolute atomic E-state index is 0.00103. The SMILES string of the molecule is CCOC(=O)Cc1c(C)nc2c(S(=O)(=O)c3ccccc3)c(SC)nn2c1Cl. The topological polar surface area (TPSA) is 90.6 Å². The molecule has 0 amide bonds. The molecule has 0 N–H and O–H groups in total. The van der Waals surface area contributed by atoms with Gasteiger partial charge in [-0.1, -0.05) is 29.8 Å². The molecule has 7 nitrogen and oxygen atoms in total. The Bertz CT molecular complexity index is 1140. The Morgan fingerprint density at radius 1 is 1.29 bits per heavy atom. The largest absolute Gasteiger partial charge is 0.466 e. The summed E-state index contributed by atoms with van der Waals surface area (Å²) in [7, 11) is -3.86. The minimum Gasteiger partial charge on any atom is -0.466 e. The average Bonchev–Trinajstić information content (AvgIpc) is 3.05. The molecule has 2 heterocycles. The van der Waals surface area contributed by atoms with Gasteiger partial charge in [-0.05, 0) is 32.2 Å². The molecular weight excluding hydrogens is 422 g/mol. The van der Waals surface area contributed by atoms with Gasteiger partial charge in [-0.2, -0.15) is 5.10 Å². The first-order valence-corrected chi connectivity index (χ1v) is 11.5. The number of ether oxygens (including phenoxy) is 1. The van der Waals surface area contributed by atoms with Crippen molar-refractivity contribution in [3.63, 3.8) is 0 Å². The highest BCUT2D eigenvalue weighted by atomic mass is 35.5. The number of nitrogens with zero attached hydrogens (tertiary/aromatic N) is 3. The van der Waals surface area contributed by atoms with Crippen molar-refractivity contribution >= 4 is 44.8 Å². The molecule has 0 spiro atoms. The summed E-state index contributed by atoms with van der Waals surface area (Å²) in [5.41, 5.74) is 1.03. The van der Waals surface area contributed by atoms with Gasteiger partial charge in [0.1, 0.15) is 10.2 Å². The number of hydrogen-bond donors (Lipinski definition) is 0. The molecule has 3 aromatic rings. The summed E-state index contributed by atoms with van der Waals surface area (Å²) in [5.74, 6) is -0.442. The fourth-order valence-electron chi connectivity index (χ4n) is 2.76. The molecule has 10 heteroatoms. The minimum atomic E-state index is -3.86. The number of aromatic nitrogens is 3. The molecule has 0 fully saturated rings. The van der Waals surface area contributed by atoms with Gasteiger partial charge in [0.15, 0.2) is 10.5 Å². The Kier molecular flexibility index (Phi) is 5.97. The molecule has 148 valence electrons. The second kappa shape index (κ2) is 8.10. The number of fused-ring (bicyclic) bond motifs is 1. The van der Waals surface area contributed by atoms with Crippen molar-refractivity contribution in [1.82, 2.24) is 14.6 Å². The molecule has 0 aliphatic heterocycles. The highest BCUT2D eigenvalue weighted by Crippen LogP contribution is 2.34. The lowest BCUT2D eigenvalue weighted by Crippen LogP contribution is -2.12. The van der Waals surface area contributed by atoms with Gasteiger partial charge in [0.05, 0.1) is 17.9 Å². The third kappa shape index (κ3) is 3.61. The zero-order valence-electron chi connectivity index (χ0n) is 15.5.